The number of carbonyl (C=O) groups is 2. The van der Waals surface area contributed by atoms with Crippen LogP contribution in [0.25, 0.3) is 0 Å². The molecule has 0 aliphatic carbocycles. The van der Waals surface area contributed by atoms with Gasteiger partial charge in [0.05, 0.1) is 11.5 Å². The van der Waals surface area contributed by atoms with E-state index in [1.165, 1.54) is 11.8 Å². The Balaban J connectivity index is 2.08. The van der Waals surface area contributed by atoms with Crippen molar-refractivity contribution in [2.24, 2.45) is 0 Å². The van der Waals surface area contributed by atoms with Crippen molar-refractivity contribution >= 4 is 29.4 Å². The highest BCUT2D eigenvalue weighted by molar-refractivity contribution is 8.00. The van der Waals surface area contributed by atoms with Crippen LogP contribution in [0, 0.1) is 6.92 Å². The van der Waals surface area contributed by atoms with E-state index in [4.69, 9.17) is 4.52 Å². The van der Waals surface area contributed by atoms with Crippen molar-refractivity contribution in [2.45, 2.75) is 13.8 Å². The minimum atomic E-state index is -0.205. The summed E-state index contributed by atoms with van der Waals surface area (Å²) in [5, 5.41) is 12.1. The molecule has 0 saturated carbocycles. The quantitative estimate of drug-likeness (QED) is 0.571. The van der Waals surface area contributed by atoms with Gasteiger partial charge in [0.25, 0.3) is 0 Å². The van der Waals surface area contributed by atoms with E-state index in [2.05, 4.69) is 21.1 Å². The Kier molecular flexibility index (Phi) is 7.74. The topological polar surface area (TPSA) is 96.3 Å². The molecule has 0 spiro atoms. The van der Waals surface area contributed by atoms with Gasteiger partial charge in [-0.3, -0.25) is 9.59 Å². The number of anilines is 1. The van der Waals surface area contributed by atoms with Gasteiger partial charge < -0.3 is 20.5 Å². The van der Waals surface area contributed by atoms with Crippen molar-refractivity contribution in [3.05, 3.63) is 11.8 Å². The van der Waals surface area contributed by atoms with E-state index in [9.17, 15) is 9.59 Å². The summed E-state index contributed by atoms with van der Waals surface area (Å²) < 4.78 is 4.83. The normalized spacial score (nSPS) is 10.3. The maximum atomic E-state index is 11.5. The SMILES string of the molecule is CCNCCNC(=O)CSCC(=O)Nc1cc(C)on1. The van der Waals surface area contributed by atoms with Gasteiger partial charge in [0, 0.05) is 19.2 Å². The number of thioether (sulfide) groups is 1. The van der Waals surface area contributed by atoms with Crippen molar-refractivity contribution < 1.29 is 14.1 Å². The Bertz CT molecular complexity index is 436. The molecule has 0 aliphatic heterocycles. The van der Waals surface area contributed by atoms with Crippen LogP contribution in [0.3, 0.4) is 0 Å². The number of aromatic nitrogens is 1. The minimum absolute atomic E-state index is 0.0713. The monoisotopic (exact) mass is 300 g/mol. The lowest BCUT2D eigenvalue weighted by Crippen LogP contribution is -2.33. The van der Waals surface area contributed by atoms with Crippen molar-refractivity contribution in [2.75, 3.05) is 36.5 Å². The predicted octanol–water partition coefficient (Wildman–Crippen LogP) is 0.380. The van der Waals surface area contributed by atoms with Crippen molar-refractivity contribution in [3.63, 3.8) is 0 Å². The first-order valence-electron chi connectivity index (χ1n) is 6.40. The van der Waals surface area contributed by atoms with Gasteiger partial charge in [-0.15, -0.1) is 11.8 Å². The smallest absolute Gasteiger partial charge is 0.235 e. The van der Waals surface area contributed by atoms with Crippen LogP contribution in [0.2, 0.25) is 0 Å². The summed E-state index contributed by atoms with van der Waals surface area (Å²) >= 11 is 1.26. The summed E-state index contributed by atoms with van der Waals surface area (Å²) in [6, 6.07) is 1.63. The fraction of sp³-hybridized carbons (Fsp3) is 0.583. The lowest BCUT2D eigenvalue weighted by Gasteiger charge is -2.05. The minimum Gasteiger partial charge on any atom is -0.360 e. The first kappa shape index (κ1) is 16.5. The molecular formula is C12H20N4O3S. The molecule has 0 saturated heterocycles. The number of carbonyl (C=O) groups excluding carboxylic acids is 2. The lowest BCUT2D eigenvalue weighted by atomic mass is 10.5. The van der Waals surface area contributed by atoms with Crippen LogP contribution in [0.5, 0.6) is 0 Å². The molecule has 8 heteroatoms. The molecule has 2 amide bonds. The number of nitrogens with zero attached hydrogens (tertiary/aromatic N) is 1. The molecule has 1 rings (SSSR count). The maximum absolute atomic E-state index is 11.5. The second kappa shape index (κ2) is 9.38. The number of hydrogen-bond acceptors (Lipinski definition) is 6. The number of hydrogen-bond donors (Lipinski definition) is 3. The van der Waals surface area contributed by atoms with E-state index in [1.54, 1.807) is 13.0 Å². The molecule has 0 atom stereocenters. The van der Waals surface area contributed by atoms with Gasteiger partial charge in [0.15, 0.2) is 5.82 Å². The van der Waals surface area contributed by atoms with Gasteiger partial charge in [0.2, 0.25) is 11.8 Å². The third-order valence-corrected chi connectivity index (χ3v) is 3.17. The average Bonchev–Trinajstić information content (AvgIpc) is 2.80. The predicted molar refractivity (Wildman–Crippen MR) is 78.7 cm³/mol. The zero-order chi connectivity index (χ0) is 14.8. The number of nitrogens with one attached hydrogen (secondary N) is 3. The molecule has 1 aromatic rings. The van der Waals surface area contributed by atoms with Crippen LogP contribution in [0.1, 0.15) is 12.7 Å². The van der Waals surface area contributed by atoms with Crippen molar-refractivity contribution in [1.82, 2.24) is 15.8 Å². The molecule has 0 aliphatic rings. The second-order valence-electron chi connectivity index (χ2n) is 4.07. The average molecular weight is 300 g/mol. The summed E-state index contributed by atoms with van der Waals surface area (Å²) in [5.74, 6) is 1.21. The third-order valence-electron chi connectivity index (χ3n) is 2.24. The van der Waals surface area contributed by atoms with E-state index in [0.717, 1.165) is 13.1 Å². The summed E-state index contributed by atoms with van der Waals surface area (Å²) in [6.07, 6.45) is 0. The molecule has 0 fully saturated rings. The van der Waals surface area contributed by atoms with Crippen LogP contribution in [0.15, 0.2) is 10.6 Å². The summed E-state index contributed by atoms with van der Waals surface area (Å²) in [5.41, 5.74) is 0. The Morgan fingerprint density at radius 3 is 2.70 bits per heavy atom. The van der Waals surface area contributed by atoms with Crippen LogP contribution in [-0.4, -0.2) is 48.1 Å². The highest BCUT2D eigenvalue weighted by Gasteiger charge is 2.07. The number of aryl methyl sites for hydroxylation is 1. The fourth-order valence-corrected chi connectivity index (χ4v) is 2.01. The Morgan fingerprint density at radius 2 is 2.05 bits per heavy atom. The van der Waals surface area contributed by atoms with E-state index < -0.39 is 0 Å². The molecule has 1 heterocycles. The van der Waals surface area contributed by atoms with Crippen molar-refractivity contribution in [3.8, 4) is 0 Å². The molecule has 0 unspecified atom stereocenters. The van der Waals surface area contributed by atoms with Crippen LogP contribution in [-0.2, 0) is 9.59 Å². The van der Waals surface area contributed by atoms with E-state index in [0.29, 0.717) is 18.1 Å². The van der Waals surface area contributed by atoms with Gasteiger partial charge >= 0.3 is 0 Å². The Hall–Kier alpha value is -1.54. The number of amides is 2. The van der Waals surface area contributed by atoms with Gasteiger partial charge in [-0.1, -0.05) is 12.1 Å². The molecule has 20 heavy (non-hydrogen) atoms. The number of likely N-dealkylation sites (N-methyl/N-ethyl adjacent to an activating group) is 1. The van der Waals surface area contributed by atoms with Crippen molar-refractivity contribution in [1.29, 1.82) is 0 Å². The van der Waals surface area contributed by atoms with Crippen LogP contribution in [0.4, 0.5) is 5.82 Å². The Labute approximate surface area is 122 Å². The molecule has 112 valence electrons. The largest absolute Gasteiger partial charge is 0.360 e. The summed E-state index contributed by atoms with van der Waals surface area (Å²) in [7, 11) is 0. The Morgan fingerprint density at radius 1 is 1.30 bits per heavy atom. The standard InChI is InChI=1S/C12H20N4O3S/c1-3-13-4-5-14-11(17)7-20-8-12(18)15-10-6-9(2)19-16-10/h6,13H,3-5,7-8H2,1-2H3,(H,14,17)(H,15,16,18). The fourth-order valence-electron chi connectivity index (χ4n) is 1.36. The second-order valence-corrected chi connectivity index (χ2v) is 5.05. The van der Waals surface area contributed by atoms with Crippen LogP contribution < -0.4 is 16.0 Å². The van der Waals surface area contributed by atoms with E-state index >= 15 is 0 Å². The van der Waals surface area contributed by atoms with E-state index in [-0.39, 0.29) is 23.3 Å². The number of rotatable bonds is 9. The van der Waals surface area contributed by atoms with Gasteiger partial charge in [-0.25, -0.2) is 0 Å². The molecule has 0 bridgehead atoms. The van der Waals surface area contributed by atoms with Gasteiger partial charge in [0.1, 0.15) is 5.76 Å². The molecule has 1 aromatic heterocycles. The van der Waals surface area contributed by atoms with Gasteiger partial charge in [-0.2, -0.15) is 0 Å². The highest BCUT2D eigenvalue weighted by atomic mass is 32.2. The zero-order valence-corrected chi connectivity index (χ0v) is 12.5. The zero-order valence-electron chi connectivity index (χ0n) is 11.7. The first-order chi connectivity index (χ1) is 9.61. The molecule has 3 N–H and O–H groups in total. The third kappa shape index (κ3) is 7.15. The molecule has 0 aromatic carbocycles. The lowest BCUT2D eigenvalue weighted by molar-refractivity contribution is -0.118. The molecule has 0 radical (unpaired) electrons. The van der Waals surface area contributed by atoms with Crippen LogP contribution >= 0.6 is 11.8 Å². The van der Waals surface area contributed by atoms with E-state index in [1.807, 2.05) is 6.92 Å². The summed E-state index contributed by atoms with van der Waals surface area (Å²) in [4.78, 5) is 23.0. The first-order valence-corrected chi connectivity index (χ1v) is 7.55. The van der Waals surface area contributed by atoms with Gasteiger partial charge in [-0.05, 0) is 13.5 Å². The molecular weight excluding hydrogens is 280 g/mol. The maximum Gasteiger partial charge on any atom is 0.235 e. The highest BCUT2D eigenvalue weighted by Crippen LogP contribution is 2.08. The summed E-state index contributed by atoms with van der Waals surface area (Å²) in [6.45, 7) is 5.98. The molecule has 7 nitrogen and oxygen atoms in total.